The molecule has 0 aliphatic carbocycles. The molecule has 4 heteroatoms. The van der Waals surface area contributed by atoms with Gasteiger partial charge in [-0.05, 0) is 24.5 Å². The van der Waals surface area contributed by atoms with Gasteiger partial charge in [0.05, 0.1) is 13.2 Å². The quantitative estimate of drug-likeness (QED) is 0.784. The average molecular weight is 273 g/mol. The molecule has 1 aromatic carbocycles. The van der Waals surface area contributed by atoms with E-state index in [1.807, 2.05) is 24.3 Å². The minimum atomic E-state index is -0.190. The van der Waals surface area contributed by atoms with Gasteiger partial charge in [-0.1, -0.05) is 30.3 Å². The zero-order chi connectivity index (χ0) is 13.8. The molecule has 1 fully saturated rings. The molecule has 106 valence electrons. The van der Waals surface area contributed by atoms with E-state index in [0.717, 1.165) is 25.9 Å². The molecule has 3 rings (SSSR count). The molecule has 0 amide bonds. The first-order chi connectivity index (χ1) is 9.83. The van der Waals surface area contributed by atoms with Gasteiger partial charge >= 0.3 is 5.97 Å². The van der Waals surface area contributed by atoms with Gasteiger partial charge in [-0.2, -0.15) is 0 Å². The molecule has 1 aromatic rings. The second-order valence-corrected chi connectivity index (χ2v) is 5.12. The van der Waals surface area contributed by atoms with Crippen LogP contribution < -0.4 is 0 Å². The highest BCUT2D eigenvalue weighted by Gasteiger charge is 2.30. The van der Waals surface area contributed by atoms with Crippen LogP contribution in [0.25, 0.3) is 0 Å². The lowest BCUT2D eigenvalue weighted by atomic mass is 10.1. The van der Waals surface area contributed by atoms with Crippen LogP contribution in [0.5, 0.6) is 0 Å². The molecular formula is C16H19NO3. The number of hydrogen-bond acceptors (Lipinski definition) is 4. The number of carbonyl (C=O) groups is 1. The molecule has 4 nitrogen and oxygen atoms in total. The van der Waals surface area contributed by atoms with Crippen molar-refractivity contribution in [2.75, 3.05) is 26.3 Å². The minimum Gasteiger partial charge on any atom is -0.453 e. The molecule has 2 heterocycles. The van der Waals surface area contributed by atoms with Gasteiger partial charge in [0.15, 0.2) is 0 Å². The van der Waals surface area contributed by atoms with Gasteiger partial charge in [-0.15, -0.1) is 0 Å². The van der Waals surface area contributed by atoms with Crippen molar-refractivity contribution in [3.8, 4) is 0 Å². The van der Waals surface area contributed by atoms with Crippen molar-refractivity contribution >= 4 is 5.97 Å². The molecule has 0 saturated carbocycles. The summed E-state index contributed by atoms with van der Waals surface area (Å²) in [5.74, 6) is -0.190. The van der Waals surface area contributed by atoms with Crippen molar-refractivity contribution in [2.24, 2.45) is 0 Å². The first-order valence-corrected chi connectivity index (χ1v) is 7.12. The Morgan fingerprint density at radius 2 is 1.90 bits per heavy atom. The third-order valence-corrected chi connectivity index (χ3v) is 3.72. The molecule has 0 aromatic heterocycles. The van der Waals surface area contributed by atoms with Crippen LogP contribution in [0.2, 0.25) is 0 Å². The highest BCUT2D eigenvalue weighted by atomic mass is 16.5. The van der Waals surface area contributed by atoms with Crippen LogP contribution in [0.4, 0.5) is 0 Å². The summed E-state index contributed by atoms with van der Waals surface area (Å²) in [6, 6.07) is 10.3. The van der Waals surface area contributed by atoms with Gasteiger partial charge in [0, 0.05) is 13.1 Å². The van der Waals surface area contributed by atoms with E-state index in [1.54, 1.807) is 0 Å². The molecule has 1 atom stereocenters. The average Bonchev–Trinajstić information content (AvgIpc) is 2.88. The first kappa shape index (κ1) is 13.2. The van der Waals surface area contributed by atoms with Gasteiger partial charge in [0.1, 0.15) is 11.8 Å². The Labute approximate surface area is 119 Å². The van der Waals surface area contributed by atoms with Crippen LogP contribution in [-0.4, -0.2) is 43.3 Å². The Bertz CT molecular complexity index is 492. The lowest BCUT2D eigenvalue weighted by molar-refractivity contribution is -0.141. The molecule has 0 N–H and O–H groups in total. The van der Waals surface area contributed by atoms with E-state index in [-0.39, 0.29) is 12.1 Å². The van der Waals surface area contributed by atoms with E-state index in [1.165, 1.54) is 5.56 Å². The number of benzene rings is 1. The number of nitrogens with zero attached hydrogens (tertiary/aromatic N) is 1. The largest absolute Gasteiger partial charge is 0.453 e. The Kier molecular flexibility index (Phi) is 4.02. The monoisotopic (exact) mass is 273 g/mol. The number of cyclic esters (lactones) is 1. The second-order valence-electron chi connectivity index (χ2n) is 5.12. The summed E-state index contributed by atoms with van der Waals surface area (Å²) in [5, 5.41) is 0. The van der Waals surface area contributed by atoms with Crippen LogP contribution in [0.3, 0.4) is 0 Å². The summed E-state index contributed by atoms with van der Waals surface area (Å²) in [7, 11) is 0. The lowest BCUT2D eigenvalue weighted by Gasteiger charge is -2.27. The standard InChI is InChI=1S/C16H19NO3/c18-16-15(17-8-10-19-11-9-17)12-14(20-16)7-6-13-4-2-1-3-5-13/h1-5,12,14H,6-11H2. The maximum absolute atomic E-state index is 11.9. The zero-order valence-electron chi connectivity index (χ0n) is 11.5. The number of esters is 1. The Morgan fingerprint density at radius 3 is 2.65 bits per heavy atom. The summed E-state index contributed by atoms with van der Waals surface area (Å²) in [4.78, 5) is 14.0. The molecule has 1 unspecified atom stereocenters. The first-order valence-electron chi connectivity index (χ1n) is 7.12. The summed E-state index contributed by atoms with van der Waals surface area (Å²) in [6.45, 7) is 2.90. The zero-order valence-corrected chi connectivity index (χ0v) is 11.5. The summed E-state index contributed by atoms with van der Waals surface area (Å²) < 4.78 is 10.7. The topological polar surface area (TPSA) is 38.8 Å². The number of ether oxygens (including phenoxy) is 2. The second kappa shape index (κ2) is 6.09. The number of hydrogen-bond donors (Lipinski definition) is 0. The smallest absolute Gasteiger partial charge is 0.355 e. The highest BCUT2D eigenvalue weighted by molar-refractivity contribution is 5.90. The summed E-state index contributed by atoms with van der Waals surface area (Å²) >= 11 is 0. The van der Waals surface area contributed by atoms with Crippen molar-refractivity contribution < 1.29 is 14.3 Å². The fraction of sp³-hybridized carbons (Fsp3) is 0.438. The van der Waals surface area contributed by atoms with Crippen LogP contribution >= 0.6 is 0 Å². The van der Waals surface area contributed by atoms with Crippen LogP contribution in [0.1, 0.15) is 12.0 Å². The van der Waals surface area contributed by atoms with E-state index >= 15 is 0 Å². The summed E-state index contributed by atoms with van der Waals surface area (Å²) in [6.07, 6.45) is 3.63. The van der Waals surface area contributed by atoms with Crippen LogP contribution in [0, 0.1) is 0 Å². The van der Waals surface area contributed by atoms with E-state index in [9.17, 15) is 4.79 Å². The van der Waals surface area contributed by atoms with E-state index in [0.29, 0.717) is 18.9 Å². The highest BCUT2D eigenvalue weighted by Crippen LogP contribution is 2.22. The van der Waals surface area contributed by atoms with Crippen LogP contribution in [0.15, 0.2) is 42.1 Å². The minimum absolute atomic E-state index is 0.0967. The molecule has 0 radical (unpaired) electrons. The maximum atomic E-state index is 11.9. The summed E-state index contributed by atoms with van der Waals surface area (Å²) in [5.41, 5.74) is 1.99. The molecule has 0 spiro atoms. The van der Waals surface area contributed by atoms with Gasteiger partial charge < -0.3 is 14.4 Å². The predicted molar refractivity (Wildman–Crippen MR) is 75.1 cm³/mol. The number of aryl methyl sites for hydroxylation is 1. The third-order valence-electron chi connectivity index (χ3n) is 3.72. The Balaban J connectivity index is 1.58. The van der Waals surface area contributed by atoms with Gasteiger partial charge in [-0.3, -0.25) is 0 Å². The van der Waals surface area contributed by atoms with Crippen LogP contribution in [-0.2, 0) is 20.7 Å². The van der Waals surface area contributed by atoms with E-state index in [4.69, 9.17) is 9.47 Å². The molecule has 2 aliphatic heterocycles. The van der Waals surface area contributed by atoms with E-state index in [2.05, 4.69) is 17.0 Å². The normalized spacial score (nSPS) is 22.6. The fourth-order valence-corrected chi connectivity index (χ4v) is 2.61. The number of rotatable bonds is 4. The van der Waals surface area contributed by atoms with Crippen molar-refractivity contribution in [3.63, 3.8) is 0 Å². The van der Waals surface area contributed by atoms with Crippen molar-refractivity contribution in [2.45, 2.75) is 18.9 Å². The van der Waals surface area contributed by atoms with E-state index < -0.39 is 0 Å². The Hall–Kier alpha value is -1.81. The molecular weight excluding hydrogens is 254 g/mol. The third kappa shape index (κ3) is 3.02. The Morgan fingerprint density at radius 1 is 1.15 bits per heavy atom. The molecule has 0 bridgehead atoms. The lowest BCUT2D eigenvalue weighted by Crippen LogP contribution is -2.37. The number of carbonyl (C=O) groups excluding carboxylic acids is 1. The fourth-order valence-electron chi connectivity index (χ4n) is 2.61. The van der Waals surface area contributed by atoms with Gasteiger partial charge in [-0.25, -0.2) is 4.79 Å². The molecule has 2 aliphatic rings. The molecule has 1 saturated heterocycles. The van der Waals surface area contributed by atoms with Crippen molar-refractivity contribution in [1.29, 1.82) is 0 Å². The van der Waals surface area contributed by atoms with Crippen molar-refractivity contribution in [3.05, 3.63) is 47.7 Å². The van der Waals surface area contributed by atoms with Crippen molar-refractivity contribution in [1.82, 2.24) is 4.90 Å². The SMILES string of the molecule is O=C1OC(CCc2ccccc2)C=C1N1CCOCC1. The molecule has 20 heavy (non-hydrogen) atoms. The predicted octanol–water partition coefficient (Wildman–Crippen LogP) is 1.76. The number of morpholine rings is 1. The van der Waals surface area contributed by atoms with Gasteiger partial charge in [0.25, 0.3) is 0 Å². The van der Waals surface area contributed by atoms with Gasteiger partial charge in [0.2, 0.25) is 0 Å². The maximum Gasteiger partial charge on any atom is 0.355 e.